The maximum absolute atomic E-state index is 13.0. The lowest BCUT2D eigenvalue weighted by Crippen LogP contribution is -2.51. The van der Waals surface area contributed by atoms with Crippen molar-refractivity contribution in [3.05, 3.63) is 64.7 Å². The fourth-order valence-corrected chi connectivity index (χ4v) is 4.08. The van der Waals surface area contributed by atoms with E-state index in [0.29, 0.717) is 32.3 Å². The second-order valence-corrected chi connectivity index (χ2v) is 7.70. The Morgan fingerprint density at radius 3 is 2.66 bits per heavy atom. The van der Waals surface area contributed by atoms with Crippen LogP contribution in [0.25, 0.3) is 0 Å². The third kappa shape index (κ3) is 4.09. The van der Waals surface area contributed by atoms with Crippen molar-refractivity contribution in [2.45, 2.75) is 25.4 Å². The molecule has 1 atom stereocenters. The van der Waals surface area contributed by atoms with Crippen molar-refractivity contribution >= 4 is 36.3 Å². The molecular weight excluding hydrogens is 435 g/mol. The van der Waals surface area contributed by atoms with Gasteiger partial charge in [-0.3, -0.25) is 19.2 Å². The molecule has 1 unspecified atom stereocenters. The van der Waals surface area contributed by atoms with Gasteiger partial charge in [-0.1, -0.05) is 17.9 Å². The van der Waals surface area contributed by atoms with E-state index in [0.717, 1.165) is 6.29 Å². The number of benzene rings is 2. The third-order valence-electron chi connectivity index (χ3n) is 5.33. The molecule has 0 bridgehead atoms. The Bertz CT molecular complexity index is 1160. The number of carbonyl (C=O) groups is 4. The van der Waals surface area contributed by atoms with E-state index >= 15 is 0 Å². The van der Waals surface area contributed by atoms with Crippen molar-refractivity contribution in [3.63, 3.8) is 0 Å². The molecule has 9 heteroatoms. The topological polar surface area (TPSA) is 84.0 Å². The second kappa shape index (κ2) is 9.24. The lowest BCUT2D eigenvalue weighted by molar-refractivity contribution is -0.145. The van der Waals surface area contributed by atoms with E-state index in [1.807, 2.05) is 0 Å². The second-order valence-electron chi connectivity index (χ2n) is 7.19. The molecule has 32 heavy (non-hydrogen) atoms. The van der Waals surface area contributed by atoms with Crippen LogP contribution in [0.4, 0.5) is 3.89 Å². The quantitative estimate of drug-likeness (QED) is 0.300. The standard InChI is InChI=1S/C23H17FN2O5S/c24-32-26-21(28)11-10-20(23(26)30)25-13-19-16(3-1-5-18(19)22(25)29)4-2-12-31-17-8-6-15(14-27)7-9-17/h1,3,5-9,14,20H,10-13H2. The molecule has 1 fully saturated rings. The number of amides is 3. The molecule has 0 radical (unpaired) electrons. The Labute approximate surface area is 187 Å². The summed E-state index contributed by atoms with van der Waals surface area (Å²) in [5.41, 5.74) is 2.30. The maximum Gasteiger partial charge on any atom is 0.264 e. The number of hydrogen-bond donors (Lipinski definition) is 0. The normalized spacial score (nSPS) is 17.7. The van der Waals surface area contributed by atoms with E-state index in [1.165, 1.54) is 4.90 Å². The highest BCUT2D eigenvalue weighted by atomic mass is 32.2. The predicted molar refractivity (Wildman–Crippen MR) is 114 cm³/mol. The monoisotopic (exact) mass is 452 g/mol. The van der Waals surface area contributed by atoms with Crippen LogP contribution in [0.1, 0.15) is 44.7 Å². The van der Waals surface area contributed by atoms with Gasteiger partial charge in [-0.2, -0.15) is 4.31 Å². The minimum atomic E-state index is -0.894. The van der Waals surface area contributed by atoms with Crippen molar-refractivity contribution in [3.8, 4) is 17.6 Å². The van der Waals surface area contributed by atoms with Gasteiger partial charge >= 0.3 is 0 Å². The molecular formula is C23H17FN2O5S. The number of imide groups is 1. The van der Waals surface area contributed by atoms with Gasteiger partial charge in [-0.05, 0) is 48.4 Å². The molecule has 2 aliphatic rings. The predicted octanol–water partition coefficient (Wildman–Crippen LogP) is 2.94. The molecule has 3 amide bonds. The van der Waals surface area contributed by atoms with Crippen molar-refractivity contribution in [1.82, 2.24) is 9.21 Å². The van der Waals surface area contributed by atoms with Crippen molar-refractivity contribution in [1.29, 1.82) is 0 Å². The van der Waals surface area contributed by atoms with Crippen LogP contribution in [0.15, 0.2) is 42.5 Å². The zero-order valence-electron chi connectivity index (χ0n) is 16.7. The first-order valence-electron chi connectivity index (χ1n) is 9.78. The number of carbonyl (C=O) groups excluding carboxylic acids is 4. The van der Waals surface area contributed by atoms with E-state index in [-0.39, 0.29) is 31.9 Å². The first-order valence-corrected chi connectivity index (χ1v) is 10.5. The molecule has 2 aromatic carbocycles. The largest absolute Gasteiger partial charge is 0.481 e. The van der Waals surface area contributed by atoms with Gasteiger partial charge in [-0.15, -0.1) is 3.89 Å². The molecule has 2 aliphatic heterocycles. The van der Waals surface area contributed by atoms with Crippen LogP contribution >= 0.6 is 12.3 Å². The molecule has 162 valence electrons. The third-order valence-corrected chi connectivity index (χ3v) is 5.86. The van der Waals surface area contributed by atoms with Crippen LogP contribution in [0.2, 0.25) is 0 Å². The zero-order chi connectivity index (χ0) is 22.7. The molecule has 0 aromatic heterocycles. The Hall–Kier alpha value is -3.64. The summed E-state index contributed by atoms with van der Waals surface area (Å²) < 4.78 is 19.1. The van der Waals surface area contributed by atoms with Crippen LogP contribution in [0.5, 0.6) is 5.75 Å². The summed E-state index contributed by atoms with van der Waals surface area (Å²) in [6, 6.07) is 10.9. The smallest absolute Gasteiger partial charge is 0.264 e. The number of nitrogens with zero attached hydrogens (tertiary/aromatic N) is 2. The van der Waals surface area contributed by atoms with Gasteiger partial charge in [0, 0.05) is 29.7 Å². The summed E-state index contributed by atoms with van der Waals surface area (Å²) in [5, 5.41) is 0. The molecule has 0 N–H and O–H groups in total. The SMILES string of the molecule is O=Cc1ccc(OCC#Cc2cccc3c2CN(C2CCC(=O)N(SF)C2=O)C3=O)cc1. The lowest BCUT2D eigenvalue weighted by atomic mass is 10.0. The Kier molecular flexibility index (Phi) is 6.23. The first-order chi connectivity index (χ1) is 15.5. The minimum Gasteiger partial charge on any atom is -0.481 e. The molecule has 0 saturated carbocycles. The fraction of sp³-hybridized carbons (Fsp3) is 0.217. The Balaban J connectivity index is 1.48. The van der Waals surface area contributed by atoms with E-state index < -0.39 is 30.2 Å². The molecule has 4 rings (SSSR count). The van der Waals surface area contributed by atoms with Crippen LogP contribution < -0.4 is 4.74 Å². The summed E-state index contributed by atoms with van der Waals surface area (Å²) in [7, 11) is 0. The van der Waals surface area contributed by atoms with E-state index in [2.05, 4.69) is 11.8 Å². The fourth-order valence-electron chi connectivity index (χ4n) is 3.72. The van der Waals surface area contributed by atoms with E-state index in [9.17, 15) is 23.1 Å². The average Bonchev–Trinajstić information content (AvgIpc) is 3.14. The number of fused-ring (bicyclic) bond motifs is 1. The van der Waals surface area contributed by atoms with Gasteiger partial charge < -0.3 is 9.64 Å². The Morgan fingerprint density at radius 2 is 1.94 bits per heavy atom. The zero-order valence-corrected chi connectivity index (χ0v) is 17.6. The number of ether oxygens (including phenoxy) is 1. The molecule has 0 spiro atoms. The highest BCUT2D eigenvalue weighted by molar-refractivity contribution is 7.93. The lowest BCUT2D eigenvalue weighted by Gasteiger charge is -2.32. The van der Waals surface area contributed by atoms with Gasteiger partial charge in [0.15, 0.2) is 12.3 Å². The highest BCUT2D eigenvalue weighted by Gasteiger charge is 2.43. The van der Waals surface area contributed by atoms with Gasteiger partial charge in [-0.25, -0.2) is 0 Å². The van der Waals surface area contributed by atoms with Gasteiger partial charge in [0.25, 0.3) is 11.8 Å². The molecule has 1 saturated heterocycles. The number of piperidine rings is 1. The molecule has 2 aromatic rings. The minimum absolute atomic E-state index is 0.00865. The van der Waals surface area contributed by atoms with E-state index in [4.69, 9.17) is 4.74 Å². The average molecular weight is 452 g/mol. The van der Waals surface area contributed by atoms with Crippen molar-refractivity contribution in [2.75, 3.05) is 6.61 Å². The summed E-state index contributed by atoms with van der Waals surface area (Å²) >= 11 is -0.431. The number of halogens is 1. The van der Waals surface area contributed by atoms with Crippen LogP contribution in [-0.4, -0.2) is 45.9 Å². The number of aldehydes is 1. The first kappa shape index (κ1) is 21.6. The van der Waals surface area contributed by atoms with E-state index in [1.54, 1.807) is 42.5 Å². The van der Waals surface area contributed by atoms with Gasteiger partial charge in [0.2, 0.25) is 5.91 Å². The van der Waals surface area contributed by atoms with Gasteiger partial charge in [0.05, 0.1) is 0 Å². The van der Waals surface area contributed by atoms with Crippen LogP contribution in [0.3, 0.4) is 0 Å². The number of hydrogen-bond acceptors (Lipinski definition) is 6. The molecule has 2 heterocycles. The van der Waals surface area contributed by atoms with Crippen LogP contribution in [0, 0.1) is 11.8 Å². The summed E-state index contributed by atoms with van der Waals surface area (Å²) in [4.78, 5) is 49.2. The summed E-state index contributed by atoms with van der Waals surface area (Å²) in [5.74, 6) is 4.81. The molecule has 0 aliphatic carbocycles. The Morgan fingerprint density at radius 1 is 1.16 bits per heavy atom. The molecule has 7 nitrogen and oxygen atoms in total. The highest BCUT2D eigenvalue weighted by Crippen LogP contribution is 2.32. The van der Waals surface area contributed by atoms with Crippen molar-refractivity contribution < 1.29 is 27.8 Å². The van der Waals surface area contributed by atoms with Crippen LogP contribution in [-0.2, 0) is 16.1 Å². The van der Waals surface area contributed by atoms with Gasteiger partial charge in [0.1, 0.15) is 24.7 Å². The number of rotatable bonds is 5. The summed E-state index contributed by atoms with van der Waals surface area (Å²) in [6.07, 6.45) is 0.897. The maximum atomic E-state index is 13.0. The van der Waals surface area contributed by atoms with Crippen molar-refractivity contribution in [2.24, 2.45) is 0 Å². The summed E-state index contributed by atoms with van der Waals surface area (Å²) in [6.45, 7) is 0.260.